The average molecular weight is 239 g/mol. The maximum absolute atomic E-state index is 4.48. The van der Waals surface area contributed by atoms with E-state index in [-0.39, 0.29) is 0 Å². The predicted octanol–water partition coefficient (Wildman–Crippen LogP) is 3.33. The van der Waals surface area contributed by atoms with Gasteiger partial charge in [-0.2, -0.15) is 0 Å². The zero-order valence-corrected chi connectivity index (χ0v) is 10.4. The van der Waals surface area contributed by atoms with Gasteiger partial charge in [0, 0.05) is 17.3 Å². The molecule has 0 amide bonds. The molecule has 0 aromatic carbocycles. The van der Waals surface area contributed by atoms with Crippen LogP contribution in [0, 0.1) is 5.92 Å². The van der Waals surface area contributed by atoms with Crippen LogP contribution in [0.1, 0.15) is 13.8 Å². The van der Waals surface area contributed by atoms with E-state index in [1.54, 1.807) is 22.7 Å². The second-order valence-corrected chi connectivity index (χ2v) is 5.26. The Labute approximate surface area is 97.2 Å². The summed E-state index contributed by atoms with van der Waals surface area (Å²) < 4.78 is 0. The third kappa shape index (κ3) is 2.76. The van der Waals surface area contributed by atoms with Crippen LogP contribution in [-0.2, 0) is 0 Å². The molecule has 0 saturated carbocycles. The van der Waals surface area contributed by atoms with Crippen molar-refractivity contribution in [3.05, 3.63) is 16.3 Å². The summed E-state index contributed by atoms with van der Waals surface area (Å²) in [6.07, 6.45) is 0. The largest absolute Gasteiger partial charge is 0.361 e. The molecular formula is C10H13N3S2. The molecule has 0 unspecified atom stereocenters. The van der Waals surface area contributed by atoms with Gasteiger partial charge in [-0.1, -0.05) is 13.8 Å². The lowest BCUT2D eigenvalue weighted by Gasteiger charge is -2.04. The van der Waals surface area contributed by atoms with Crippen molar-refractivity contribution in [1.29, 1.82) is 0 Å². The zero-order chi connectivity index (χ0) is 10.7. The number of anilines is 1. The van der Waals surface area contributed by atoms with E-state index in [1.807, 2.05) is 16.3 Å². The zero-order valence-electron chi connectivity index (χ0n) is 8.73. The normalized spacial score (nSPS) is 10.9. The minimum absolute atomic E-state index is 0.636. The summed E-state index contributed by atoms with van der Waals surface area (Å²) in [5, 5.41) is 8.34. The Morgan fingerprint density at radius 2 is 2.20 bits per heavy atom. The first-order valence-electron chi connectivity index (χ1n) is 4.83. The highest BCUT2D eigenvalue weighted by molar-refractivity contribution is 7.14. The van der Waals surface area contributed by atoms with Crippen LogP contribution in [-0.4, -0.2) is 16.5 Å². The summed E-state index contributed by atoms with van der Waals surface area (Å²) in [6, 6.07) is 0. The quantitative estimate of drug-likeness (QED) is 0.889. The van der Waals surface area contributed by atoms with Crippen LogP contribution in [0.15, 0.2) is 16.3 Å². The molecule has 2 rings (SSSR count). The maximum atomic E-state index is 4.48. The van der Waals surface area contributed by atoms with E-state index in [0.29, 0.717) is 5.92 Å². The van der Waals surface area contributed by atoms with Crippen molar-refractivity contribution < 1.29 is 0 Å². The molecule has 2 heterocycles. The van der Waals surface area contributed by atoms with Crippen molar-refractivity contribution in [2.75, 3.05) is 11.9 Å². The van der Waals surface area contributed by atoms with Crippen LogP contribution in [0.3, 0.4) is 0 Å². The molecule has 15 heavy (non-hydrogen) atoms. The molecule has 0 atom stereocenters. The van der Waals surface area contributed by atoms with Crippen molar-refractivity contribution in [1.82, 2.24) is 9.97 Å². The first kappa shape index (κ1) is 10.6. The van der Waals surface area contributed by atoms with E-state index in [4.69, 9.17) is 0 Å². The smallest absolute Gasteiger partial charge is 0.183 e. The fourth-order valence-corrected chi connectivity index (χ4v) is 2.36. The van der Waals surface area contributed by atoms with E-state index in [0.717, 1.165) is 23.1 Å². The molecule has 0 aliphatic rings. The molecular weight excluding hydrogens is 226 g/mol. The van der Waals surface area contributed by atoms with E-state index in [9.17, 15) is 0 Å². The van der Waals surface area contributed by atoms with Gasteiger partial charge in [-0.05, 0) is 5.92 Å². The summed E-state index contributed by atoms with van der Waals surface area (Å²) in [5.41, 5.74) is 3.76. The molecule has 0 aliphatic heterocycles. The van der Waals surface area contributed by atoms with Crippen LogP contribution in [0.2, 0.25) is 0 Å². The summed E-state index contributed by atoms with van der Waals surface area (Å²) in [7, 11) is 0. The highest BCUT2D eigenvalue weighted by Crippen LogP contribution is 2.24. The topological polar surface area (TPSA) is 37.8 Å². The Balaban J connectivity index is 2.04. The molecule has 0 radical (unpaired) electrons. The van der Waals surface area contributed by atoms with Crippen LogP contribution in [0.25, 0.3) is 11.4 Å². The monoisotopic (exact) mass is 239 g/mol. The number of rotatable bonds is 4. The lowest BCUT2D eigenvalue weighted by Crippen LogP contribution is -2.07. The molecule has 0 bridgehead atoms. The van der Waals surface area contributed by atoms with Crippen molar-refractivity contribution in [3.63, 3.8) is 0 Å². The summed E-state index contributed by atoms with van der Waals surface area (Å²) >= 11 is 3.23. The molecule has 3 nitrogen and oxygen atoms in total. The lowest BCUT2D eigenvalue weighted by atomic mass is 10.2. The second-order valence-electron chi connectivity index (χ2n) is 3.69. The van der Waals surface area contributed by atoms with Gasteiger partial charge in [0.05, 0.1) is 5.51 Å². The number of hydrogen-bond donors (Lipinski definition) is 1. The van der Waals surface area contributed by atoms with Crippen molar-refractivity contribution in [2.24, 2.45) is 5.92 Å². The highest BCUT2D eigenvalue weighted by Gasteiger charge is 2.05. The van der Waals surface area contributed by atoms with Gasteiger partial charge in [-0.25, -0.2) is 9.97 Å². The van der Waals surface area contributed by atoms with Crippen LogP contribution in [0.5, 0.6) is 0 Å². The molecule has 80 valence electrons. The standard InChI is InChI=1S/C10H13N3S2/c1-7(2)3-11-10-13-9(5-15-10)8-4-14-6-12-8/h4-7H,3H2,1-2H3,(H,11,13). The first-order valence-corrected chi connectivity index (χ1v) is 6.66. The van der Waals surface area contributed by atoms with E-state index >= 15 is 0 Å². The summed E-state index contributed by atoms with van der Waals surface area (Å²) in [4.78, 5) is 8.71. The predicted molar refractivity (Wildman–Crippen MR) is 66.5 cm³/mol. The minimum atomic E-state index is 0.636. The fourth-order valence-electron chi connectivity index (χ4n) is 1.10. The summed E-state index contributed by atoms with van der Waals surface area (Å²) in [6.45, 7) is 5.33. The van der Waals surface area contributed by atoms with Gasteiger partial charge in [0.2, 0.25) is 0 Å². The van der Waals surface area contributed by atoms with Crippen LogP contribution >= 0.6 is 22.7 Å². The Morgan fingerprint density at radius 1 is 1.33 bits per heavy atom. The van der Waals surface area contributed by atoms with Gasteiger partial charge in [0.1, 0.15) is 11.4 Å². The SMILES string of the molecule is CC(C)CNc1nc(-c2cscn2)cs1. The molecule has 2 aromatic heterocycles. The van der Waals surface area contributed by atoms with Crippen molar-refractivity contribution in [3.8, 4) is 11.4 Å². The molecule has 0 aliphatic carbocycles. The second kappa shape index (κ2) is 4.72. The van der Waals surface area contributed by atoms with Crippen LogP contribution in [0.4, 0.5) is 5.13 Å². The van der Waals surface area contributed by atoms with E-state index in [1.165, 1.54) is 0 Å². The molecule has 0 spiro atoms. The molecule has 5 heteroatoms. The molecule has 1 N–H and O–H groups in total. The van der Waals surface area contributed by atoms with Crippen molar-refractivity contribution in [2.45, 2.75) is 13.8 Å². The maximum Gasteiger partial charge on any atom is 0.183 e. The van der Waals surface area contributed by atoms with Crippen molar-refractivity contribution >= 4 is 27.8 Å². The van der Waals surface area contributed by atoms with Gasteiger partial charge < -0.3 is 5.32 Å². The number of aromatic nitrogens is 2. The minimum Gasteiger partial charge on any atom is -0.361 e. The Bertz CT molecular complexity index is 406. The highest BCUT2D eigenvalue weighted by atomic mass is 32.1. The fraction of sp³-hybridized carbons (Fsp3) is 0.400. The lowest BCUT2D eigenvalue weighted by molar-refractivity contribution is 0.688. The molecule has 2 aromatic rings. The van der Waals surface area contributed by atoms with Crippen LogP contribution < -0.4 is 5.32 Å². The van der Waals surface area contributed by atoms with Gasteiger partial charge >= 0.3 is 0 Å². The Morgan fingerprint density at radius 3 is 2.87 bits per heavy atom. The summed E-state index contributed by atoms with van der Waals surface area (Å²) in [5.74, 6) is 0.636. The Kier molecular flexibility index (Phi) is 3.33. The Hall–Kier alpha value is -0.940. The third-order valence-electron chi connectivity index (χ3n) is 1.86. The number of thiazole rings is 2. The third-order valence-corrected chi connectivity index (χ3v) is 3.25. The number of hydrogen-bond acceptors (Lipinski definition) is 5. The molecule has 0 saturated heterocycles. The van der Waals surface area contributed by atoms with E-state index in [2.05, 4.69) is 29.1 Å². The van der Waals surface area contributed by atoms with Gasteiger partial charge in [-0.15, -0.1) is 22.7 Å². The average Bonchev–Trinajstić information content (AvgIpc) is 2.85. The number of nitrogens with zero attached hydrogens (tertiary/aromatic N) is 2. The first-order chi connectivity index (χ1) is 7.25. The van der Waals surface area contributed by atoms with Gasteiger partial charge in [0.15, 0.2) is 5.13 Å². The van der Waals surface area contributed by atoms with Gasteiger partial charge in [-0.3, -0.25) is 0 Å². The molecule has 0 fully saturated rings. The van der Waals surface area contributed by atoms with Gasteiger partial charge in [0.25, 0.3) is 0 Å². The van der Waals surface area contributed by atoms with E-state index < -0.39 is 0 Å². The number of nitrogens with one attached hydrogen (secondary N) is 1.